The number of allylic oxidation sites excluding steroid dienone is 1. The predicted octanol–water partition coefficient (Wildman–Crippen LogP) is 2.88. The van der Waals surface area contributed by atoms with Crippen LogP contribution in [0.25, 0.3) is 5.57 Å². The lowest BCUT2D eigenvalue weighted by Gasteiger charge is -2.08. The summed E-state index contributed by atoms with van der Waals surface area (Å²) in [5, 5.41) is 3.31. The second-order valence-electron chi connectivity index (χ2n) is 3.64. The van der Waals surface area contributed by atoms with Crippen molar-refractivity contribution in [1.29, 1.82) is 0 Å². The van der Waals surface area contributed by atoms with Gasteiger partial charge in [-0.15, -0.1) is 6.42 Å². The van der Waals surface area contributed by atoms with Gasteiger partial charge >= 0.3 is 0 Å². The van der Waals surface area contributed by atoms with E-state index in [1.165, 1.54) is 0 Å². The Kier molecular flexibility index (Phi) is 4.81. The van der Waals surface area contributed by atoms with Gasteiger partial charge in [0.25, 0.3) is 0 Å². The Morgan fingerprint density at radius 3 is 2.47 bits per heavy atom. The molecule has 0 spiro atoms. The zero-order valence-corrected chi connectivity index (χ0v) is 10.6. The molecule has 1 N–H and O–H groups in total. The van der Waals surface area contributed by atoms with Gasteiger partial charge < -0.3 is 5.32 Å². The quantitative estimate of drug-likeness (QED) is 0.646. The molecule has 88 valence electrons. The standard InChI is InChI=1S/C14H14ClNO/c1-4-9-16-14(17)11(3)10(2)12-5-7-13(15)8-6-12/h1,5-8H,9H2,2-3H3,(H,16,17)/b11-10+. The van der Waals surface area contributed by atoms with Crippen LogP contribution in [0.3, 0.4) is 0 Å². The van der Waals surface area contributed by atoms with Crippen molar-refractivity contribution in [2.45, 2.75) is 13.8 Å². The Bertz CT molecular complexity index is 480. The van der Waals surface area contributed by atoms with E-state index in [1.54, 1.807) is 19.1 Å². The van der Waals surface area contributed by atoms with Crippen molar-refractivity contribution in [3.8, 4) is 12.3 Å². The van der Waals surface area contributed by atoms with Crippen molar-refractivity contribution in [3.63, 3.8) is 0 Å². The first kappa shape index (κ1) is 13.3. The minimum atomic E-state index is -0.143. The van der Waals surface area contributed by atoms with Crippen molar-refractivity contribution in [2.24, 2.45) is 0 Å². The van der Waals surface area contributed by atoms with Crippen molar-refractivity contribution < 1.29 is 4.79 Å². The van der Waals surface area contributed by atoms with Crippen LogP contribution in [-0.4, -0.2) is 12.5 Å². The number of hydrogen-bond donors (Lipinski definition) is 1. The Morgan fingerprint density at radius 1 is 1.35 bits per heavy atom. The summed E-state index contributed by atoms with van der Waals surface area (Å²) in [6.07, 6.45) is 5.09. The van der Waals surface area contributed by atoms with E-state index in [0.29, 0.717) is 10.6 Å². The minimum absolute atomic E-state index is 0.143. The molecule has 0 aliphatic heterocycles. The fourth-order valence-electron chi connectivity index (χ4n) is 1.35. The van der Waals surface area contributed by atoms with Gasteiger partial charge in [-0.05, 0) is 37.1 Å². The molecule has 0 aliphatic carbocycles. The van der Waals surface area contributed by atoms with Gasteiger partial charge in [0.2, 0.25) is 5.91 Å². The van der Waals surface area contributed by atoms with Gasteiger partial charge in [0.15, 0.2) is 0 Å². The number of amides is 1. The fraction of sp³-hybridized carbons (Fsp3) is 0.214. The zero-order chi connectivity index (χ0) is 12.8. The molecule has 0 aliphatic rings. The molecule has 1 aromatic rings. The third-order valence-corrected chi connectivity index (χ3v) is 2.78. The second kappa shape index (κ2) is 6.12. The summed E-state index contributed by atoms with van der Waals surface area (Å²) in [7, 11) is 0. The number of terminal acetylenes is 1. The van der Waals surface area contributed by atoms with Crippen LogP contribution in [0.5, 0.6) is 0 Å². The van der Waals surface area contributed by atoms with Crippen LogP contribution >= 0.6 is 11.6 Å². The molecule has 1 amide bonds. The van der Waals surface area contributed by atoms with Gasteiger partial charge in [0.1, 0.15) is 0 Å². The summed E-state index contributed by atoms with van der Waals surface area (Å²) in [6, 6.07) is 7.37. The van der Waals surface area contributed by atoms with Crippen LogP contribution in [0.2, 0.25) is 5.02 Å². The zero-order valence-electron chi connectivity index (χ0n) is 9.88. The molecule has 1 aromatic carbocycles. The first-order valence-electron chi connectivity index (χ1n) is 5.21. The normalized spacial score (nSPS) is 11.4. The van der Waals surface area contributed by atoms with Gasteiger partial charge in [-0.25, -0.2) is 0 Å². The maximum atomic E-state index is 11.7. The largest absolute Gasteiger partial charge is 0.341 e. The molecule has 0 fully saturated rings. The van der Waals surface area contributed by atoms with Crippen LogP contribution < -0.4 is 5.32 Å². The average Bonchev–Trinajstić information content (AvgIpc) is 2.35. The van der Waals surface area contributed by atoms with Crippen LogP contribution in [0.15, 0.2) is 29.8 Å². The Labute approximate surface area is 107 Å². The summed E-state index contributed by atoms with van der Waals surface area (Å²) in [5.41, 5.74) is 2.54. The van der Waals surface area contributed by atoms with E-state index >= 15 is 0 Å². The number of carbonyl (C=O) groups is 1. The van der Waals surface area contributed by atoms with Gasteiger partial charge in [-0.1, -0.05) is 29.7 Å². The lowest BCUT2D eigenvalue weighted by Crippen LogP contribution is -2.24. The van der Waals surface area contributed by atoms with Gasteiger partial charge in [-0.2, -0.15) is 0 Å². The molecule has 0 saturated carbocycles. The highest BCUT2D eigenvalue weighted by Crippen LogP contribution is 2.20. The predicted molar refractivity (Wildman–Crippen MR) is 71.6 cm³/mol. The number of rotatable bonds is 3. The van der Waals surface area contributed by atoms with Crippen LogP contribution in [-0.2, 0) is 4.79 Å². The van der Waals surface area contributed by atoms with Crippen LogP contribution in [0, 0.1) is 12.3 Å². The first-order chi connectivity index (χ1) is 8.06. The minimum Gasteiger partial charge on any atom is -0.341 e. The number of nitrogens with one attached hydrogen (secondary N) is 1. The lowest BCUT2D eigenvalue weighted by atomic mass is 10.0. The third-order valence-electron chi connectivity index (χ3n) is 2.53. The molecule has 0 aromatic heterocycles. The van der Waals surface area contributed by atoms with Gasteiger partial charge in [0, 0.05) is 10.6 Å². The molecule has 0 saturated heterocycles. The summed E-state index contributed by atoms with van der Waals surface area (Å²) in [5.74, 6) is 2.22. The Hall–Kier alpha value is -1.72. The van der Waals surface area contributed by atoms with E-state index in [-0.39, 0.29) is 12.5 Å². The number of halogens is 1. The Morgan fingerprint density at radius 2 is 1.94 bits per heavy atom. The molecule has 17 heavy (non-hydrogen) atoms. The molecule has 1 rings (SSSR count). The van der Waals surface area contributed by atoms with Crippen LogP contribution in [0.1, 0.15) is 19.4 Å². The van der Waals surface area contributed by atoms with Crippen molar-refractivity contribution >= 4 is 23.1 Å². The van der Waals surface area contributed by atoms with E-state index in [2.05, 4.69) is 11.2 Å². The highest BCUT2D eigenvalue weighted by Gasteiger charge is 2.08. The second-order valence-corrected chi connectivity index (χ2v) is 4.08. The molecule has 0 atom stereocenters. The average molecular weight is 248 g/mol. The van der Waals surface area contributed by atoms with Gasteiger partial charge in [0.05, 0.1) is 6.54 Å². The van der Waals surface area contributed by atoms with Crippen molar-refractivity contribution in [1.82, 2.24) is 5.32 Å². The van der Waals surface area contributed by atoms with Crippen molar-refractivity contribution in [3.05, 3.63) is 40.4 Å². The third kappa shape index (κ3) is 3.65. The van der Waals surface area contributed by atoms with Gasteiger partial charge in [-0.3, -0.25) is 4.79 Å². The summed E-state index contributed by atoms with van der Waals surface area (Å²) >= 11 is 5.81. The Balaban J connectivity index is 2.93. The molecule has 0 unspecified atom stereocenters. The SMILES string of the molecule is C#CCNC(=O)/C(C)=C(\C)c1ccc(Cl)cc1. The van der Waals surface area contributed by atoms with Crippen molar-refractivity contribution in [2.75, 3.05) is 6.54 Å². The molecule has 2 nitrogen and oxygen atoms in total. The molecule has 0 heterocycles. The molecule has 0 radical (unpaired) electrons. The van der Waals surface area contributed by atoms with E-state index in [0.717, 1.165) is 11.1 Å². The fourth-order valence-corrected chi connectivity index (χ4v) is 1.48. The maximum Gasteiger partial charge on any atom is 0.247 e. The highest BCUT2D eigenvalue weighted by atomic mass is 35.5. The summed E-state index contributed by atoms with van der Waals surface area (Å²) in [6.45, 7) is 3.91. The number of hydrogen-bond acceptors (Lipinski definition) is 1. The number of carbonyl (C=O) groups excluding carboxylic acids is 1. The molecule has 0 bridgehead atoms. The van der Waals surface area contributed by atoms with E-state index in [1.807, 2.05) is 19.1 Å². The van der Waals surface area contributed by atoms with E-state index < -0.39 is 0 Å². The maximum absolute atomic E-state index is 11.7. The van der Waals surface area contributed by atoms with Crippen LogP contribution in [0.4, 0.5) is 0 Å². The summed E-state index contributed by atoms with van der Waals surface area (Å²) < 4.78 is 0. The van der Waals surface area contributed by atoms with E-state index in [9.17, 15) is 4.79 Å². The number of benzene rings is 1. The molecule has 3 heteroatoms. The molecular weight excluding hydrogens is 234 g/mol. The topological polar surface area (TPSA) is 29.1 Å². The monoisotopic (exact) mass is 247 g/mol. The highest BCUT2D eigenvalue weighted by molar-refractivity contribution is 6.30. The molecular formula is C14H14ClNO. The summed E-state index contributed by atoms with van der Waals surface area (Å²) in [4.78, 5) is 11.7. The first-order valence-corrected chi connectivity index (χ1v) is 5.59. The lowest BCUT2D eigenvalue weighted by molar-refractivity contribution is -0.117. The van der Waals surface area contributed by atoms with E-state index in [4.69, 9.17) is 18.0 Å². The smallest absolute Gasteiger partial charge is 0.247 e.